The molecule has 2 heterocycles. The summed E-state index contributed by atoms with van der Waals surface area (Å²) < 4.78 is 5.66. The minimum absolute atomic E-state index is 0.553. The lowest BCUT2D eigenvalue weighted by Gasteiger charge is -2.36. The zero-order valence-electron chi connectivity index (χ0n) is 12.1. The first kappa shape index (κ1) is 14.7. The van der Waals surface area contributed by atoms with Crippen molar-refractivity contribution in [2.75, 3.05) is 19.7 Å². The summed E-state index contributed by atoms with van der Waals surface area (Å²) in [6, 6.07) is 1.18. The van der Waals surface area contributed by atoms with Crippen molar-refractivity contribution in [1.82, 2.24) is 15.3 Å². The van der Waals surface area contributed by atoms with E-state index in [-0.39, 0.29) is 0 Å². The minimum Gasteiger partial charge on any atom is -0.387 e. The van der Waals surface area contributed by atoms with Crippen LogP contribution in [-0.4, -0.2) is 48.4 Å². The van der Waals surface area contributed by atoms with Gasteiger partial charge in [-0.1, -0.05) is 19.6 Å². The van der Waals surface area contributed by atoms with Crippen molar-refractivity contribution in [2.45, 2.75) is 44.3 Å². The van der Waals surface area contributed by atoms with Crippen LogP contribution in [0.15, 0.2) is 6.20 Å². The molecule has 1 aromatic rings. The van der Waals surface area contributed by atoms with Crippen LogP contribution in [0.5, 0.6) is 0 Å². The Kier molecular flexibility index (Phi) is 4.45. The van der Waals surface area contributed by atoms with Crippen LogP contribution in [0.2, 0.25) is 25.7 Å². The van der Waals surface area contributed by atoms with Crippen LogP contribution >= 0.6 is 0 Å². The van der Waals surface area contributed by atoms with Crippen molar-refractivity contribution < 1.29 is 9.84 Å². The predicted octanol–water partition coefficient (Wildman–Crippen LogP) is 1.14. The van der Waals surface area contributed by atoms with Crippen LogP contribution < -0.4 is 5.32 Å². The molecule has 1 aliphatic rings. The average Bonchev–Trinajstić information content (AvgIpc) is 2.69. The van der Waals surface area contributed by atoms with E-state index in [9.17, 15) is 5.11 Å². The van der Waals surface area contributed by atoms with Crippen molar-refractivity contribution in [2.24, 2.45) is 0 Å². The van der Waals surface area contributed by atoms with E-state index >= 15 is 0 Å². The molecule has 2 rings (SSSR count). The van der Waals surface area contributed by atoms with E-state index in [1.807, 2.05) is 6.20 Å². The molecule has 0 aromatic carbocycles. The van der Waals surface area contributed by atoms with E-state index in [1.54, 1.807) is 0 Å². The van der Waals surface area contributed by atoms with Gasteiger partial charge in [-0.2, -0.15) is 0 Å². The Morgan fingerprint density at radius 3 is 2.74 bits per heavy atom. The molecule has 0 amide bonds. The Morgan fingerprint density at radius 1 is 1.42 bits per heavy atom. The van der Waals surface area contributed by atoms with Gasteiger partial charge >= 0.3 is 0 Å². The molecule has 1 aliphatic heterocycles. The number of β-amino-alcohol motifs (C(OH)–C–C–N with tert-alkyl or cyclic N) is 1. The summed E-state index contributed by atoms with van der Waals surface area (Å²) in [5, 5.41) is 13.1. The summed E-state index contributed by atoms with van der Waals surface area (Å²) in [6.07, 6.45) is 2.45. The van der Waals surface area contributed by atoms with Crippen LogP contribution in [0, 0.1) is 0 Å². The van der Waals surface area contributed by atoms with Crippen molar-refractivity contribution in [1.29, 1.82) is 0 Å². The lowest BCUT2D eigenvalue weighted by molar-refractivity contribution is -0.0106. The minimum atomic E-state index is -1.01. The maximum Gasteiger partial charge on any atom is 0.109 e. The maximum atomic E-state index is 10.0. The molecule has 6 heteroatoms. The Labute approximate surface area is 115 Å². The third-order valence-electron chi connectivity index (χ3n) is 3.33. The number of ether oxygens (including phenoxy) is 1. The van der Waals surface area contributed by atoms with Crippen LogP contribution in [0.1, 0.15) is 11.5 Å². The molecular formula is C13H25N3O2Si. The number of aromatic nitrogens is 2. The van der Waals surface area contributed by atoms with Gasteiger partial charge in [-0.15, -0.1) is 0 Å². The second-order valence-corrected chi connectivity index (χ2v) is 12.3. The number of nitrogens with one attached hydrogen (secondary N) is 2. The summed E-state index contributed by atoms with van der Waals surface area (Å²) in [7, 11) is -1.01. The van der Waals surface area contributed by atoms with E-state index in [0.29, 0.717) is 26.1 Å². The standard InChI is InChI=1S/C13H25N3O2Si/c1-19(2,3)5-4-18-8-11-7-15-12(16-11)6-13(17)9-14-10-13/h7,14,17H,4-6,8-10H2,1-3H3,(H,15,16). The third kappa shape index (κ3) is 4.72. The number of aromatic amines is 1. The molecule has 19 heavy (non-hydrogen) atoms. The van der Waals surface area contributed by atoms with Crippen molar-refractivity contribution >= 4 is 8.07 Å². The number of hydrogen-bond donors (Lipinski definition) is 3. The van der Waals surface area contributed by atoms with Crippen molar-refractivity contribution in [3.63, 3.8) is 0 Å². The van der Waals surface area contributed by atoms with E-state index in [4.69, 9.17) is 4.74 Å². The van der Waals surface area contributed by atoms with E-state index in [1.165, 1.54) is 6.04 Å². The Morgan fingerprint density at radius 2 is 2.16 bits per heavy atom. The van der Waals surface area contributed by atoms with Gasteiger partial charge in [0.2, 0.25) is 0 Å². The summed E-state index contributed by atoms with van der Waals surface area (Å²) in [5.74, 6) is 0.841. The van der Waals surface area contributed by atoms with Crippen LogP contribution in [0.25, 0.3) is 0 Å². The third-order valence-corrected chi connectivity index (χ3v) is 5.04. The van der Waals surface area contributed by atoms with Crippen LogP contribution in [0.4, 0.5) is 0 Å². The average molecular weight is 283 g/mol. The SMILES string of the molecule is C[Si](C)(C)CCOCc1c[nH]c(CC2(O)CNC2)n1. The number of aliphatic hydroxyl groups is 1. The molecule has 108 valence electrons. The number of hydrogen-bond acceptors (Lipinski definition) is 4. The number of H-pyrrole nitrogens is 1. The van der Waals surface area contributed by atoms with Crippen LogP contribution in [-0.2, 0) is 17.8 Å². The lowest BCUT2D eigenvalue weighted by Crippen LogP contribution is -2.60. The highest BCUT2D eigenvalue weighted by Gasteiger charge is 2.35. The van der Waals surface area contributed by atoms with Crippen molar-refractivity contribution in [3.8, 4) is 0 Å². The highest BCUT2D eigenvalue weighted by molar-refractivity contribution is 6.76. The van der Waals surface area contributed by atoms with E-state index < -0.39 is 13.7 Å². The Bertz CT molecular complexity index is 410. The monoisotopic (exact) mass is 283 g/mol. The Balaban J connectivity index is 1.72. The topological polar surface area (TPSA) is 70.2 Å². The quantitative estimate of drug-likeness (QED) is 0.518. The molecule has 5 nitrogen and oxygen atoms in total. The van der Waals surface area contributed by atoms with Crippen molar-refractivity contribution in [3.05, 3.63) is 17.7 Å². The first-order valence-corrected chi connectivity index (χ1v) is 10.6. The number of rotatable bonds is 7. The van der Waals surface area contributed by atoms with Gasteiger partial charge in [-0.05, 0) is 6.04 Å². The number of nitrogens with zero attached hydrogens (tertiary/aromatic N) is 1. The van der Waals surface area contributed by atoms with Gasteiger partial charge in [0.05, 0.1) is 17.9 Å². The van der Waals surface area contributed by atoms with Gasteiger partial charge in [-0.25, -0.2) is 4.98 Å². The summed E-state index contributed by atoms with van der Waals surface area (Å²) in [6.45, 7) is 9.69. The normalized spacial score (nSPS) is 18.3. The molecule has 0 aliphatic carbocycles. The predicted molar refractivity (Wildman–Crippen MR) is 77.9 cm³/mol. The molecule has 1 aromatic heterocycles. The fourth-order valence-electron chi connectivity index (χ4n) is 1.97. The molecule has 0 unspecified atom stereocenters. The molecule has 1 fully saturated rings. The molecule has 0 saturated carbocycles. The second-order valence-electron chi connectivity index (χ2n) is 6.71. The molecule has 0 radical (unpaired) electrons. The van der Waals surface area contributed by atoms with Gasteiger partial charge < -0.3 is 20.1 Å². The summed E-state index contributed by atoms with van der Waals surface area (Å²) >= 11 is 0. The number of imidazole rings is 1. The summed E-state index contributed by atoms with van der Waals surface area (Å²) in [4.78, 5) is 7.57. The highest BCUT2D eigenvalue weighted by Crippen LogP contribution is 2.16. The first-order valence-electron chi connectivity index (χ1n) is 6.90. The fraction of sp³-hybridized carbons (Fsp3) is 0.769. The molecule has 0 spiro atoms. The van der Waals surface area contributed by atoms with E-state index in [2.05, 4.69) is 34.9 Å². The van der Waals surface area contributed by atoms with Gasteiger partial charge in [0.15, 0.2) is 0 Å². The molecule has 0 bridgehead atoms. The zero-order valence-corrected chi connectivity index (χ0v) is 13.1. The Hall–Kier alpha value is -0.693. The van der Waals surface area contributed by atoms with Gasteiger partial charge in [-0.3, -0.25) is 0 Å². The molecule has 1 saturated heterocycles. The lowest BCUT2D eigenvalue weighted by atomic mass is 9.93. The van der Waals surface area contributed by atoms with Gasteiger partial charge in [0.1, 0.15) is 5.82 Å². The van der Waals surface area contributed by atoms with Gasteiger partial charge in [0, 0.05) is 40.4 Å². The van der Waals surface area contributed by atoms with Gasteiger partial charge in [0.25, 0.3) is 0 Å². The molecular weight excluding hydrogens is 258 g/mol. The first-order chi connectivity index (χ1) is 8.86. The largest absolute Gasteiger partial charge is 0.387 e. The second kappa shape index (κ2) is 5.74. The van der Waals surface area contributed by atoms with Crippen LogP contribution in [0.3, 0.4) is 0 Å². The smallest absolute Gasteiger partial charge is 0.109 e. The molecule has 0 atom stereocenters. The summed E-state index contributed by atoms with van der Waals surface area (Å²) in [5.41, 5.74) is 0.301. The highest BCUT2D eigenvalue weighted by atomic mass is 28.3. The van der Waals surface area contributed by atoms with E-state index in [0.717, 1.165) is 18.1 Å². The molecule has 3 N–H and O–H groups in total. The maximum absolute atomic E-state index is 10.0. The fourth-order valence-corrected chi connectivity index (χ4v) is 2.73. The zero-order chi connectivity index (χ0) is 13.9.